The standard InChI is InChI=1S/C6H4Br2F/c7-4-2-1-3-5(8)6(4)9/h2-3H,1H2. The van der Waals surface area contributed by atoms with Crippen LogP contribution in [-0.4, -0.2) is 0 Å². The quantitative estimate of drug-likeness (QED) is 0.621. The molecule has 1 radical (unpaired) electrons. The van der Waals surface area contributed by atoms with Gasteiger partial charge in [-0.3, -0.25) is 0 Å². The van der Waals surface area contributed by atoms with Crippen LogP contribution in [0.4, 0.5) is 4.39 Å². The first-order chi connectivity index (χ1) is 4.22. The van der Waals surface area contributed by atoms with Crippen LogP contribution >= 0.6 is 31.9 Å². The van der Waals surface area contributed by atoms with Crippen molar-refractivity contribution in [2.75, 3.05) is 0 Å². The van der Waals surface area contributed by atoms with Gasteiger partial charge in [-0.05, 0) is 22.4 Å². The topological polar surface area (TPSA) is 0 Å². The Morgan fingerprint density at radius 1 is 1.44 bits per heavy atom. The van der Waals surface area contributed by atoms with E-state index < -0.39 is 0 Å². The van der Waals surface area contributed by atoms with Gasteiger partial charge < -0.3 is 0 Å². The monoisotopic (exact) mass is 253 g/mol. The molecule has 0 aliphatic heterocycles. The minimum Gasteiger partial charge on any atom is -0.205 e. The average molecular weight is 255 g/mol. The van der Waals surface area contributed by atoms with E-state index in [1.165, 1.54) is 0 Å². The molecule has 0 heterocycles. The zero-order valence-corrected chi connectivity index (χ0v) is 7.67. The molecular formula is C6H4Br2F. The van der Waals surface area contributed by atoms with E-state index in [-0.39, 0.29) is 5.83 Å². The molecule has 1 rings (SSSR count). The van der Waals surface area contributed by atoms with E-state index in [1.807, 2.05) is 0 Å². The molecular weight excluding hydrogens is 251 g/mol. The highest BCUT2D eigenvalue weighted by atomic mass is 79.9. The second-order valence-corrected chi connectivity index (χ2v) is 3.36. The van der Waals surface area contributed by atoms with Crippen molar-refractivity contribution in [3.63, 3.8) is 0 Å². The first-order valence-corrected chi connectivity index (χ1v) is 4.05. The molecule has 49 valence electrons. The summed E-state index contributed by atoms with van der Waals surface area (Å²) in [6.07, 6.45) is 4.34. The van der Waals surface area contributed by atoms with Crippen LogP contribution in [0.5, 0.6) is 0 Å². The molecule has 1 aliphatic rings. The molecule has 0 nitrogen and oxygen atoms in total. The Morgan fingerprint density at radius 2 is 2.11 bits per heavy atom. The van der Waals surface area contributed by atoms with Crippen molar-refractivity contribution < 1.29 is 4.39 Å². The van der Waals surface area contributed by atoms with Gasteiger partial charge in [-0.15, -0.1) is 0 Å². The Balaban J connectivity index is 2.88. The Labute approximate surface area is 70.1 Å². The van der Waals surface area contributed by atoms with Gasteiger partial charge in [-0.1, -0.05) is 22.0 Å². The predicted molar refractivity (Wildman–Crippen MR) is 43.0 cm³/mol. The summed E-state index contributed by atoms with van der Waals surface area (Å²) in [4.78, 5) is 0. The molecule has 0 unspecified atom stereocenters. The molecule has 0 N–H and O–H groups in total. The van der Waals surface area contributed by atoms with Gasteiger partial charge >= 0.3 is 0 Å². The van der Waals surface area contributed by atoms with Crippen LogP contribution in [0.25, 0.3) is 0 Å². The van der Waals surface area contributed by atoms with Crippen LogP contribution in [0.3, 0.4) is 0 Å². The maximum absolute atomic E-state index is 12.7. The largest absolute Gasteiger partial charge is 0.205 e. The predicted octanol–water partition coefficient (Wildman–Crippen LogP) is 3.45. The molecule has 0 spiro atoms. The van der Waals surface area contributed by atoms with Crippen molar-refractivity contribution in [2.24, 2.45) is 0 Å². The minimum atomic E-state index is -0.221. The van der Waals surface area contributed by atoms with Crippen LogP contribution < -0.4 is 0 Å². The van der Waals surface area contributed by atoms with Crippen molar-refractivity contribution in [1.82, 2.24) is 0 Å². The molecule has 0 aromatic rings. The summed E-state index contributed by atoms with van der Waals surface area (Å²) in [5.41, 5.74) is 0. The lowest BCUT2D eigenvalue weighted by molar-refractivity contribution is 0.656. The Bertz CT molecular complexity index is 181. The smallest absolute Gasteiger partial charge is 0.147 e. The molecule has 0 aromatic heterocycles. The Hall–Kier alpha value is 0.370. The zero-order chi connectivity index (χ0) is 6.85. The summed E-state index contributed by atoms with van der Waals surface area (Å²) >= 11 is 6.14. The average Bonchev–Trinajstić information content (AvgIpc) is 1.83. The lowest BCUT2D eigenvalue weighted by Gasteiger charge is -2.05. The molecule has 0 saturated carbocycles. The number of halogens is 3. The van der Waals surface area contributed by atoms with Crippen LogP contribution in [0, 0.1) is 6.42 Å². The van der Waals surface area contributed by atoms with Gasteiger partial charge in [0.1, 0.15) is 5.83 Å². The van der Waals surface area contributed by atoms with E-state index >= 15 is 0 Å². The number of hydrogen-bond donors (Lipinski definition) is 0. The molecule has 3 heteroatoms. The normalized spacial score (nSPS) is 20.1. The van der Waals surface area contributed by atoms with E-state index in [9.17, 15) is 4.39 Å². The molecule has 0 bridgehead atoms. The highest BCUT2D eigenvalue weighted by Gasteiger charge is 2.10. The molecule has 0 amide bonds. The lowest BCUT2D eigenvalue weighted by atomic mass is 10.2. The van der Waals surface area contributed by atoms with Gasteiger partial charge in [-0.2, -0.15) is 0 Å². The highest BCUT2D eigenvalue weighted by molar-refractivity contribution is 9.12. The van der Waals surface area contributed by atoms with E-state index in [4.69, 9.17) is 0 Å². The van der Waals surface area contributed by atoms with E-state index in [1.54, 1.807) is 12.5 Å². The summed E-state index contributed by atoms with van der Waals surface area (Å²) in [5, 5.41) is 0. The summed E-state index contributed by atoms with van der Waals surface area (Å²) < 4.78 is 13.7. The van der Waals surface area contributed by atoms with Crippen LogP contribution in [0.1, 0.15) is 6.42 Å². The van der Waals surface area contributed by atoms with Crippen LogP contribution in [-0.2, 0) is 0 Å². The number of hydrogen-bond acceptors (Lipinski definition) is 0. The second kappa shape index (κ2) is 2.97. The highest BCUT2D eigenvalue weighted by Crippen LogP contribution is 2.32. The van der Waals surface area contributed by atoms with Gasteiger partial charge in [0.25, 0.3) is 0 Å². The summed E-state index contributed by atoms with van der Waals surface area (Å²) in [7, 11) is 0. The summed E-state index contributed by atoms with van der Waals surface area (Å²) in [6, 6.07) is 0. The second-order valence-electron chi connectivity index (χ2n) is 1.65. The molecule has 0 fully saturated rings. The Kier molecular flexibility index (Phi) is 2.47. The summed E-state index contributed by atoms with van der Waals surface area (Å²) in [5.74, 6) is -0.221. The number of allylic oxidation sites excluding steroid dienone is 4. The van der Waals surface area contributed by atoms with Gasteiger partial charge in [0.15, 0.2) is 0 Å². The fraction of sp³-hybridized carbons (Fsp3) is 0.167. The van der Waals surface area contributed by atoms with Crippen LogP contribution in [0.15, 0.2) is 20.9 Å². The fourth-order valence-electron chi connectivity index (χ4n) is 0.559. The van der Waals surface area contributed by atoms with Crippen molar-refractivity contribution in [3.05, 3.63) is 27.3 Å². The molecule has 0 atom stereocenters. The van der Waals surface area contributed by atoms with E-state index in [0.717, 1.165) is 6.42 Å². The fourth-order valence-corrected chi connectivity index (χ4v) is 1.63. The van der Waals surface area contributed by atoms with E-state index in [2.05, 4.69) is 31.9 Å². The Morgan fingerprint density at radius 3 is 2.56 bits per heavy atom. The first-order valence-electron chi connectivity index (χ1n) is 2.46. The SMILES string of the molecule is FC1=C(Br)[CH]CC=C1Br. The zero-order valence-electron chi connectivity index (χ0n) is 4.50. The van der Waals surface area contributed by atoms with Gasteiger partial charge in [0, 0.05) is 10.9 Å². The summed E-state index contributed by atoms with van der Waals surface area (Å²) in [6.45, 7) is 0. The molecule has 1 aliphatic carbocycles. The van der Waals surface area contributed by atoms with Crippen LogP contribution in [0.2, 0.25) is 0 Å². The maximum Gasteiger partial charge on any atom is 0.147 e. The van der Waals surface area contributed by atoms with E-state index in [0.29, 0.717) is 8.96 Å². The first kappa shape index (κ1) is 7.48. The maximum atomic E-state index is 12.7. The van der Waals surface area contributed by atoms with Crippen molar-refractivity contribution >= 4 is 31.9 Å². The minimum absolute atomic E-state index is 0.221. The molecule has 0 saturated heterocycles. The van der Waals surface area contributed by atoms with Crippen molar-refractivity contribution in [3.8, 4) is 0 Å². The van der Waals surface area contributed by atoms with Gasteiger partial charge in [-0.25, -0.2) is 4.39 Å². The third kappa shape index (κ3) is 1.64. The van der Waals surface area contributed by atoms with Crippen molar-refractivity contribution in [1.29, 1.82) is 0 Å². The third-order valence-corrected chi connectivity index (χ3v) is 2.36. The van der Waals surface area contributed by atoms with Gasteiger partial charge in [0.05, 0.1) is 4.48 Å². The number of rotatable bonds is 0. The molecule has 0 aromatic carbocycles. The lowest BCUT2D eigenvalue weighted by Crippen LogP contribution is -1.87. The van der Waals surface area contributed by atoms with Crippen molar-refractivity contribution in [2.45, 2.75) is 6.42 Å². The third-order valence-electron chi connectivity index (χ3n) is 1.01. The van der Waals surface area contributed by atoms with Gasteiger partial charge in [0.2, 0.25) is 0 Å². The molecule has 9 heavy (non-hydrogen) atoms.